The molecule has 0 aliphatic carbocycles. The van der Waals surface area contributed by atoms with Gasteiger partial charge in [0.05, 0.1) is 6.04 Å². The average molecular weight is 360 g/mol. The Morgan fingerprint density at radius 3 is 2.43 bits per heavy atom. The molecule has 1 saturated heterocycles. The molecular formula is C13H20N4O4S2. The zero-order valence-electron chi connectivity index (χ0n) is 13.0. The van der Waals surface area contributed by atoms with E-state index in [9.17, 15) is 18.0 Å². The van der Waals surface area contributed by atoms with Crippen LogP contribution in [0, 0.1) is 0 Å². The minimum absolute atomic E-state index is 0.317. The van der Waals surface area contributed by atoms with Crippen LogP contribution in [0.5, 0.6) is 0 Å². The van der Waals surface area contributed by atoms with Crippen LogP contribution >= 0.6 is 11.3 Å². The maximum Gasteiger partial charge on any atom is 0.321 e. The molecule has 128 valence electrons. The van der Waals surface area contributed by atoms with Gasteiger partial charge in [-0.1, -0.05) is 6.07 Å². The summed E-state index contributed by atoms with van der Waals surface area (Å²) < 4.78 is 26.6. The van der Waals surface area contributed by atoms with Crippen molar-refractivity contribution in [3.05, 3.63) is 17.5 Å². The number of amides is 3. The van der Waals surface area contributed by atoms with Crippen molar-refractivity contribution < 1.29 is 18.0 Å². The normalized spacial score (nSPS) is 18.3. The summed E-state index contributed by atoms with van der Waals surface area (Å²) in [7, 11) is -2.02. The van der Waals surface area contributed by atoms with Crippen LogP contribution in [0.25, 0.3) is 0 Å². The number of carbonyl (C=O) groups excluding carboxylic acids is 2. The Bertz CT molecular complexity index is 652. The Kier molecular flexibility index (Phi) is 5.74. The molecule has 1 atom stereocenters. The highest BCUT2D eigenvalue weighted by atomic mass is 32.2. The van der Waals surface area contributed by atoms with Gasteiger partial charge in [-0.25, -0.2) is 13.2 Å². The topological polar surface area (TPSA) is 98.8 Å². The maximum absolute atomic E-state index is 12.4. The van der Waals surface area contributed by atoms with Gasteiger partial charge in [0.15, 0.2) is 0 Å². The monoisotopic (exact) mass is 360 g/mol. The number of carbonyl (C=O) groups is 2. The van der Waals surface area contributed by atoms with Crippen molar-refractivity contribution in [3.8, 4) is 0 Å². The van der Waals surface area contributed by atoms with E-state index in [0.717, 1.165) is 0 Å². The molecule has 1 fully saturated rings. The van der Waals surface area contributed by atoms with Crippen molar-refractivity contribution in [3.63, 3.8) is 0 Å². The molecule has 1 aromatic rings. The summed E-state index contributed by atoms with van der Waals surface area (Å²) in [5.41, 5.74) is 0. The Balaban J connectivity index is 1.93. The van der Waals surface area contributed by atoms with Crippen LogP contribution in [0.3, 0.4) is 0 Å². The predicted octanol–water partition coefficient (Wildman–Crippen LogP) is -0.101. The van der Waals surface area contributed by atoms with Gasteiger partial charge in [-0.15, -0.1) is 11.3 Å². The minimum Gasteiger partial charge on any atom is -0.341 e. The highest BCUT2D eigenvalue weighted by Gasteiger charge is 2.32. The fourth-order valence-electron chi connectivity index (χ4n) is 2.31. The standard InChI is InChI=1S/C13H20N4O4S2/c1-10(12(18)15-13(19)14-2)16-5-7-17(8-6-16)23(20,21)11-4-3-9-22-11/h3-4,9-10H,5-8H2,1-2H3,(H2,14,15,18,19)/t10-/m0/s1. The van der Waals surface area contributed by atoms with E-state index in [2.05, 4.69) is 10.6 Å². The molecule has 3 amide bonds. The molecule has 1 aliphatic rings. The van der Waals surface area contributed by atoms with Gasteiger partial charge in [0.1, 0.15) is 4.21 Å². The molecule has 0 aromatic carbocycles. The highest BCUT2D eigenvalue weighted by Crippen LogP contribution is 2.22. The summed E-state index contributed by atoms with van der Waals surface area (Å²) >= 11 is 1.19. The number of sulfonamides is 1. The van der Waals surface area contributed by atoms with Gasteiger partial charge in [0.2, 0.25) is 5.91 Å². The third-order valence-electron chi connectivity index (χ3n) is 3.75. The smallest absolute Gasteiger partial charge is 0.321 e. The summed E-state index contributed by atoms with van der Waals surface area (Å²) in [5, 5.41) is 6.28. The highest BCUT2D eigenvalue weighted by molar-refractivity contribution is 7.91. The number of hydrogen-bond donors (Lipinski definition) is 2. The van der Waals surface area contributed by atoms with E-state index >= 15 is 0 Å². The summed E-state index contributed by atoms with van der Waals surface area (Å²) in [4.78, 5) is 25.0. The lowest BCUT2D eigenvalue weighted by atomic mass is 10.2. The first-order valence-corrected chi connectivity index (χ1v) is 9.48. The SMILES string of the molecule is CNC(=O)NC(=O)[C@H](C)N1CCN(S(=O)(=O)c2cccs2)CC1. The molecule has 10 heteroatoms. The first-order chi connectivity index (χ1) is 10.9. The summed E-state index contributed by atoms with van der Waals surface area (Å²) in [6.45, 7) is 3.21. The van der Waals surface area contributed by atoms with Crippen molar-refractivity contribution in [2.45, 2.75) is 17.2 Å². The average Bonchev–Trinajstić information content (AvgIpc) is 3.09. The second-order valence-corrected chi connectivity index (χ2v) is 8.23. The number of nitrogens with zero attached hydrogens (tertiary/aromatic N) is 2. The lowest BCUT2D eigenvalue weighted by Gasteiger charge is -2.36. The molecule has 8 nitrogen and oxygen atoms in total. The molecular weight excluding hydrogens is 340 g/mol. The number of nitrogens with one attached hydrogen (secondary N) is 2. The molecule has 0 unspecified atom stereocenters. The van der Waals surface area contributed by atoms with Gasteiger partial charge in [-0.3, -0.25) is 15.0 Å². The van der Waals surface area contributed by atoms with Crippen LogP contribution in [0.2, 0.25) is 0 Å². The molecule has 0 spiro atoms. The lowest BCUT2D eigenvalue weighted by molar-refractivity contribution is -0.125. The fraction of sp³-hybridized carbons (Fsp3) is 0.538. The fourth-order valence-corrected chi connectivity index (χ4v) is 4.88. The molecule has 2 rings (SSSR count). The summed E-state index contributed by atoms with van der Waals surface area (Å²) in [6, 6.07) is 2.24. The van der Waals surface area contributed by atoms with Gasteiger partial charge in [-0.2, -0.15) is 4.31 Å². The third kappa shape index (κ3) is 4.08. The van der Waals surface area contributed by atoms with E-state index in [1.54, 1.807) is 24.4 Å². The van der Waals surface area contributed by atoms with Gasteiger partial charge < -0.3 is 5.32 Å². The van der Waals surface area contributed by atoms with Crippen LogP contribution in [0.1, 0.15) is 6.92 Å². The Morgan fingerprint density at radius 2 is 1.91 bits per heavy atom. The van der Waals surface area contributed by atoms with Crippen molar-refractivity contribution in [1.82, 2.24) is 19.8 Å². The number of rotatable bonds is 4. The van der Waals surface area contributed by atoms with E-state index in [1.165, 1.54) is 22.7 Å². The molecule has 23 heavy (non-hydrogen) atoms. The molecule has 0 radical (unpaired) electrons. The van der Waals surface area contributed by atoms with Gasteiger partial charge in [-0.05, 0) is 18.4 Å². The summed E-state index contributed by atoms with van der Waals surface area (Å²) in [5.74, 6) is -0.404. The first-order valence-electron chi connectivity index (χ1n) is 7.16. The van der Waals surface area contributed by atoms with E-state index in [1.807, 2.05) is 4.90 Å². The van der Waals surface area contributed by atoms with Crippen LogP contribution in [-0.4, -0.2) is 68.8 Å². The van der Waals surface area contributed by atoms with Crippen molar-refractivity contribution in [2.75, 3.05) is 33.2 Å². The second kappa shape index (κ2) is 7.39. The Hall–Kier alpha value is -1.49. The molecule has 0 saturated carbocycles. The van der Waals surface area contributed by atoms with Crippen molar-refractivity contribution in [2.24, 2.45) is 0 Å². The molecule has 0 bridgehead atoms. The van der Waals surface area contributed by atoms with Crippen molar-refractivity contribution in [1.29, 1.82) is 0 Å². The van der Waals surface area contributed by atoms with Crippen molar-refractivity contribution >= 4 is 33.3 Å². The lowest BCUT2D eigenvalue weighted by Crippen LogP contribution is -2.56. The minimum atomic E-state index is -3.45. The Labute approximate surface area is 139 Å². The van der Waals surface area contributed by atoms with E-state index in [-0.39, 0.29) is 0 Å². The largest absolute Gasteiger partial charge is 0.341 e. The van der Waals surface area contributed by atoms with Gasteiger partial charge >= 0.3 is 6.03 Å². The summed E-state index contributed by atoms with van der Waals surface area (Å²) in [6.07, 6.45) is 0. The van der Waals surface area contributed by atoms with Gasteiger partial charge in [0, 0.05) is 33.2 Å². The number of urea groups is 1. The quantitative estimate of drug-likeness (QED) is 0.781. The van der Waals surface area contributed by atoms with Crippen LogP contribution in [-0.2, 0) is 14.8 Å². The molecule has 2 heterocycles. The first kappa shape index (κ1) is 17.9. The third-order valence-corrected chi connectivity index (χ3v) is 7.03. The van der Waals surface area contributed by atoms with Crippen LogP contribution in [0.4, 0.5) is 4.79 Å². The van der Waals surface area contributed by atoms with E-state index in [4.69, 9.17) is 0 Å². The predicted molar refractivity (Wildman–Crippen MR) is 86.7 cm³/mol. The maximum atomic E-state index is 12.4. The van der Waals surface area contributed by atoms with E-state index in [0.29, 0.717) is 30.4 Å². The van der Waals surface area contributed by atoms with Crippen LogP contribution in [0.15, 0.2) is 21.7 Å². The van der Waals surface area contributed by atoms with Gasteiger partial charge in [0.25, 0.3) is 10.0 Å². The van der Waals surface area contributed by atoms with E-state index < -0.39 is 28.0 Å². The number of imide groups is 1. The number of hydrogen-bond acceptors (Lipinski definition) is 6. The zero-order valence-corrected chi connectivity index (χ0v) is 14.6. The van der Waals surface area contributed by atoms with Crippen LogP contribution < -0.4 is 10.6 Å². The number of piperazine rings is 1. The zero-order chi connectivity index (χ0) is 17.0. The second-order valence-electron chi connectivity index (χ2n) is 5.12. The molecule has 2 N–H and O–H groups in total. The number of thiophene rings is 1. The Morgan fingerprint density at radius 1 is 1.26 bits per heavy atom. The molecule has 1 aliphatic heterocycles. The molecule has 1 aromatic heterocycles.